The summed E-state index contributed by atoms with van der Waals surface area (Å²) in [6.07, 6.45) is 4.01. The molecule has 0 saturated carbocycles. The average molecular weight is 518 g/mol. The number of nitrogens with zero attached hydrogens (tertiary/aromatic N) is 3. The van der Waals surface area contributed by atoms with Crippen molar-refractivity contribution in [1.29, 1.82) is 0 Å². The van der Waals surface area contributed by atoms with Gasteiger partial charge in [0, 0.05) is 43.6 Å². The summed E-state index contributed by atoms with van der Waals surface area (Å²) in [5.74, 6) is 0. The molecule has 0 aliphatic carbocycles. The molecule has 0 bridgehead atoms. The molecule has 0 spiro atoms. The summed E-state index contributed by atoms with van der Waals surface area (Å²) in [7, 11) is 0. The van der Waals surface area contributed by atoms with Gasteiger partial charge >= 0.3 is 0 Å². The van der Waals surface area contributed by atoms with Gasteiger partial charge < -0.3 is 9.47 Å². The van der Waals surface area contributed by atoms with Crippen LogP contribution in [0.5, 0.6) is 0 Å². The van der Waals surface area contributed by atoms with Crippen LogP contribution in [0.25, 0.3) is 5.69 Å². The Kier molecular flexibility index (Phi) is 9.80. The summed E-state index contributed by atoms with van der Waals surface area (Å²) in [4.78, 5) is 2.62. The van der Waals surface area contributed by atoms with E-state index in [1.54, 1.807) is 0 Å². The normalized spacial score (nSPS) is 16.6. The van der Waals surface area contributed by atoms with E-state index in [-0.39, 0.29) is 6.10 Å². The number of benzene rings is 2. The third kappa shape index (κ3) is 5.90. The summed E-state index contributed by atoms with van der Waals surface area (Å²) in [5.41, 5.74) is 11.8. The van der Waals surface area contributed by atoms with Crippen LogP contribution in [-0.4, -0.2) is 40.5 Å². The first-order chi connectivity index (χ1) is 18.4. The lowest BCUT2D eigenvalue weighted by molar-refractivity contribution is 0.0511. The van der Waals surface area contributed by atoms with Gasteiger partial charge in [0.05, 0.1) is 24.1 Å². The van der Waals surface area contributed by atoms with Crippen molar-refractivity contribution in [2.75, 3.05) is 19.8 Å². The van der Waals surface area contributed by atoms with E-state index in [9.17, 15) is 0 Å². The van der Waals surface area contributed by atoms with Crippen molar-refractivity contribution in [3.63, 3.8) is 0 Å². The Morgan fingerprint density at radius 2 is 1.66 bits per heavy atom. The first-order valence-corrected chi connectivity index (χ1v) is 14.7. The third-order valence-corrected chi connectivity index (χ3v) is 8.02. The number of aryl methyl sites for hydroxylation is 3. The Morgan fingerprint density at radius 1 is 0.947 bits per heavy atom. The zero-order valence-corrected chi connectivity index (χ0v) is 24.6. The van der Waals surface area contributed by atoms with Crippen LogP contribution in [0.3, 0.4) is 0 Å². The van der Waals surface area contributed by atoms with Crippen LogP contribution >= 0.6 is 0 Å². The molecule has 0 fully saturated rings. The Balaban J connectivity index is 1.72. The van der Waals surface area contributed by atoms with Crippen molar-refractivity contribution in [3.8, 4) is 5.69 Å². The monoisotopic (exact) mass is 517 g/mol. The van der Waals surface area contributed by atoms with Gasteiger partial charge in [0.25, 0.3) is 0 Å². The molecule has 0 amide bonds. The van der Waals surface area contributed by atoms with Crippen molar-refractivity contribution in [3.05, 3.63) is 81.2 Å². The van der Waals surface area contributed by atoms with Crippen LogP contribution < -0.4 is 0 Å². The molecule has 206 valence electrons. The second kappa shape index (κ2) is 13.1. The zero-order valence-electron chi connectivity index (χ0n) is 24.6. The largest absolute Gasteiger partial charge is 0.380 e. The van der Waals surface area contributed by atoms with E-state index in [0.717, 1.165) is 58.6 Å². The first kappa shape index (κ1) is 28.5. The van der Waals surface area contributed by atoms with E-state index >= 15 is 0 Å². The van der Waals surface area contributed by atoms with Gasteiger partial charge in [-0.15, -0.1) is 0 Å². The summed E-state index contributed by atoms with van der Waals surface area (Å²) >= 11 is 0. The van der Waals surface area contributed by atoms with Crippen LogP contribution in [0, 0.1) is 13.8 Å². The summed E-state index contributed by atoms with van der Waals surface area (Å²) in [6.45, 7) is 19.4. The molecule has 1 aromatic heterocycles. The Labute approximate surface area is 230 Å². The molecule has 38 heavy (non-hydrogen) atoms. The number of aromatic nitrogens is 2. The molecule has 0 N–H and O–H groups in total. The number of rotatable bonds is 12. The lowest BCUT2D eigenvalue weighted by Crippen LogP contribution is -2.43. The van der Waals surface area contributed by atoms with Crippen molar-refractivity contribution < 1.29 is 9.47 Å². The van der Waals surface area contributed by atoms with E-state index in [0.29, 0.717) is 6.04 Å². The van der Waals surface area contributed by atoms with Gasteiger partial charge in [-0.2, -0.15) is 5.10 Å². The first-order valence-electron chi connectivity index (χ1n) is 14.7. The molecule has 2 unspecified atom stereocenters. The minimum Gasteiger partial charge on any atom is -0.380 e. The molecule has 1 aliphatic heterocycles. The van der Waals surface area contributed by atoms with Crippen LogP contribution in [-0.2, 0) is 41.8 Å². The Hall–Kier alpha value is -2.47. The molecule has 2 aromatic carbocycles. The summed E-state index contributed by atoms with van der Waals surface area (Å²) in [6, 6.07) is 13.9. The van der Waals surface area contributed by atoms with Gasteiger partial charge in [-0.3, -0.25) is 4.90 Å². The number of ether oxygens (including phenoxy) is 2. The van der Waals surface area contributed by atoms with E-state index < -0.39 is 0 Å². The molecular weight excluding hydrogens is 470 g/mol. The van der Waals surface area contributed by atoms with Gasteiger partial charge in [-0.1, -0.05) is 57.2 Å². The molecule has 2 heterocycles. The number of hydrogen-bond acceptors (Lipinski definition) is 4. The maximum atomic E-state index is 6.03. The van der Waals surface area contributed by atoms with Gasteiger partial charge in [0.2, 0.25) is 0 Å². The number of hydrogen-bond donors (Lipinski definition) is 0. The lowest BCUT2D eigenvalue weighted by atomic mass is 9.93. The average Bonchev–Trinajstić information content (AvgIpc) is 3.26. The fourth-order valence-electron chi connectivity index (χ4n) is 6.16. The van der Waals surface area contributed by atoms with Crippen LogP contribution in [0.15, 0.2) is 36.4 Å². The van der Waals surface area contributed by atoms with Crippen molar-refractivity contribution >= 4 is 0 Å². The fraction of sp³-hybridized carbons (Fsp3) is 0.545. The van der Waals surface area contributed by atoms with E-state index in [1.807, 2.05) is 0 Å². The quantitative estimate of drug-likeness (QED) is 0.258. The molecular formula is C33H47N3O2. The maximum absolute atomic E-state index is 6.03. The van der Waals surface area contributed by atoms with Crippen molar-refractivity contribution in [1.82, 2.24) is 14.7 Å². The van der Waals surface area contributed by atoms with Crippen molar-refractivity contribution in [2.45, 2.75) is 99.4 Å². The van der Waals surface area contributed by atoms with Crippen LogP contribution in [0.1, 0.15) is 91.9 Å². The topological polar surface area (TPSA) is 39.5 Å². The highest BCUT2D eigenvalue weighted by Crippen LogP contribution is 2.32. The number of fused-ring (bicyclic) bond motifs is 1. The summed E-state index contributed by atoms with van der Waals surface area (Å²) in [5, 5.41) is 5.25. The van der Waals surface area contributed by atoms with Crippen LogP contribution in [0.4, 0.5) is 0 Å². The summed E-state index contributed by atoms with van der Waals surface area (Å²) < 4.78 is 14.2. The van der Waals surface area contributed by atoms with Crippen LogP contribution in [0.2, 0.25) is 0 Å². The van der Waals surface area contributed by atoms with Gasteiger partial charge in [0.1, 0.15) is 0 Å². The Bertz CT molecular complexity index is 1190. The van der Waals surface area contributed by atoms with Crippen molar-refractivity contribution in [2.24, 2.45) is 0 Å². The highest BCUT2D eigenvalue weighted by Gasteiger charge is 2.29. The molecule has 5 nitrogen and oxygen atoms in total. The second-order valence-electron chi connectivity index (χ2n) is 10.5. The van der Waals surface area contributed by atoms with E-state index in [4.69, 9.17) is 14.6 Å². The van der Waals surface area contributed by atoms with Gasteiger partial charge in [-0.25, -0.2) is 4.68 Å². The molecule has 3 aromatic rings. The predicted molar refractivity (Wildman–Crippen MR) is 156 cm³/mol. The molecule has 5 heteroatoms. The second-order valence-corrected chi connectivity index (χ2v) is 10.5. The molecule has 0 radical (unpaired) electrons. The molecule has 2 atom stereocenters. The van der Waals surface area contributed by atoms with Gasteiger partial charge in [-0.05, 0) is 81.2 Å². The zero-order chi connectivity index (χ0) is 27.2. The lowest BCUT2D eigenvalue weighted by Gasteiger charge is -2.37. The predicted octanol–water partition coefficient (Wildman–Crippen LogP) is 7.06. The van der Waals surface area contributed by atoms with Gasteiger partial charge in [0.15, 0.2) is 0 Å². The smallest absolute Gasteiger partial charge is 0.0822 e. The standard InChI is InChI=1S/C33H47N3O2/c1-8-30-29(21-35-20-26-16-14-13-15-25(26)19-28(35)22-37-11-4)31(9-2)36(34-30)33-23(6)17-27(18-24(33)7)32(10-3)38-12-5/h13-18,28,32H,8-12,19-22H2,1-7H3. The molecule has 4 rings (SSSR count). The molecule has 0 saturated heterocycles. The highest BCUT2D eigenvalue weighted by atomic mass is 16.5. The third-order valence-electron chi connectivity index (χ3n) is 8.02. The van der Waals surface area contributed by atoms with E-state index in [1.165, 1.54) is 50.5 Å². The minimum absolute atomic E-state index is 0.140. The highest BCUT2D eigenvalue weighted by molar-refractivity contribution is 5.51. The Morgan fingerprint density at radius 3 is 2.26 bits per heavy atom. The fourth-order valence-corrected chi connectivity index (χ4v) is 6.16. The maximum Gasteiger partial charge on any atom is 0.0822 e. The minimum atomic E-state index is 0.140. The molecule has 1 aliphatic rings. The van der Waals surface area contributed by atoms with E-state index in [2.05, 4.69) is 94.4 Å². The SMILES string of the molecule is CCOCC1Cc2ccccc2CN1Cc1c(CC)nn(-c2c(C)cc(C(CC)OCC)cc2C)c1CC.